The second-order valence-electron chi connectivity index (χ2n) is 4.45. The van der Waals surface area contributed by atoms with Crippen LogP contribution in [0.5, 0.6) is 0 Å². The summed E-state index contributed by atoms with van der Waals surface area (Å²) in [4.78, 5) is 24.7. The van der Waals surface area contributed by atoms with Gasteiger partial charge in [0, 0.05) is 0 Å². The van der Waals surface area contributed by atoms with E-state index in [9.17, 15) is 9.59 Å². The van der Waals surface area contributed by atoms with Gasteiger partial charge in [-0.2, -0.15) is 5.10 Å². The Hall–Kier alpha value is -1.69. The number of hydrogen-bond donors (Lipinski definition) is 1. The number of rotatable bonds is 3. The van der Waals surface area contributed by atoms with Gasteiger partial charge >= 0.3 is 6.03 Å². The standard InChI is InChI=1S/C12H15N3O2S/c1-4-12(3)10(16)15(11(17)14-12)13-7-9-8(2)5-6-18-9/h5-7H,4H2,1-3H3,(H,14,17)/b13-7-/t12-/m0/s1. The minimum atomic E-state index is -0.834. The van der Waals surface area contributed by atoms with Gasteiger partial charge in [-0.3, -0.25) is 4.79 Å². The molecule has 0 aliphatic carbocycles. The molecule has 1 aliphatic rings. The molecule has 1 atom stereocenters. The normalized spacial score (nSPS) is 24.1. The van der Waals surface area contributed by atoms with Gasteiger partial charge in [-0.1, -0.05) is 6.92 Å². The third-order valence-electron chi connectivity index (χ3n) is 3.14. The molecule has 0 bridgehead atoms. The van der Waals surface area contributed by atoms with E-state index in [1.165, 1.54) is 11.3 Å². The highest BCUT2D eigenvalue weighted by molar-refractivity contribution is 7.11. The predicted molar refractivity (Wildman–Crippen MR) is 70.7 cm³/mol. The van der Waals surface area contributed by atoms with Gasteiger partial charge in [0.2, 0.25) is 0 Å². The number of nitrogens with one attached hydrogen (secondary N) is 1. The third kappa shape index (κ3) is 2.03. The molecule has 0 radical (unpaired) electrons. The van der Waals surface area contributed by atoms with Crippen LogP contribution in [0.15, 0.2) is 16.5 Å². The minimum Gasteiger partial charge on any atom is -0.322 e. The monoisotopic (exact) mass is 265 g/mol. The van der Waals surface area contributed by atoms with E-state index in [0.29, 0.717) is 6.42 Å². The van der Waals surface area contributed by atoms with Gasteiger partial charge in [-0.05, 0) is 37.3 Å². The molecule has 1 N–H and O–H groups in total. The SMILES string of the molecule is CC[C@]1(C)NC(=O)N(/N=C\c2sccc2C)C1=O. The third-order valence-corrected chi connectivity index (χ3v) is 4.09. The molecular formula is C12H15N3O2S. The maximum absolute atomic E-state index is 12.0. The van der Waals surface area contributed by atoms with Gasteiger partial charge in [0.05, 0.1) is 11.1 Å². The fourth-order valence-corrected chi connectivity index (χ4v) is 2.42. The summed E-state index contributed by atoms with van der Waals surface area (Å²) in [6.45, 7) is 5.52. The van der Waals surface area contributed by atoms with Crippen LogP contribution < -0.4 is 5.32 Å². The smallest absolute Gasteiger partial charge is 0.322 e. The average molecular weight is 265 g/mol. The first kappa shape index (κ1) is 12.8. The predicted octanol–water partition coefficient (Wildman–Crippen LogP) is 2.11. The fraction of sp³-hybridized carbons (Fsp3) is 0.417. The van der Waals surface area contributed by atoms with Crippen LogP contribution in [0, 0.1) is 6.92 Å². The lowest BCUT2D eigenvalue weighted by molar-refractivity contribution is -0.130. The van der Waals surface area contributed by atoms with E-state index in [1.807, 2.05) is 25.3 Å². The number of thiophene rings is 1. The van der Waals surface area contributed by atoms with Crippen molar-refractivity contribution in [1.29, 1.82) is 0 Å². The first-order valence-electron chi connectivity index (χ1n) is 5.72. The van der Waals surface area contributed by atoms with Crippen molar-refractivity contribution in [2.24, 2.45) is 5.10 Å². The quantitative estimate of drug-likeness (QED) is 0.672. The van der Waals surface area contributed by atoms with Crippen LogP contribution in [0.4, 0.5) is 4.79 Å². The number of carbonyl (C=O) groups is 2. The first-order valence-corrected chi connectivity index (χ1v) is 6.60. The number of imide groups is 1. The second kappa shape index (κ2) is 4.53. The number of amides is 3. The van der Waals surface area contributed by atoms with E-state index >= 15 is 0 Å². The van der Waals surface area contributed by atoms with Crippen LogP contribution in [-0.4, -0.2) is 28.7 Å². The molecule has 2 heterocycles. The van der Waals surface area contributed by atoms with E-state index < -0.39 is 11.6 Å². The highest BCUT2D eigenvalue weighted by Crippen LogP contribution is 2.21. The van der Waals surface area contributed by atoms with Crippen molar-refractivity contribution >= 4 is 29.5 Å². The van der Waals surface area contributed by atoms with Gasteiger partial charge in [-0.15, -0.1) is 16.3 Å². The molecular weight excluding hydrogens is 250 g/mol. The molecule has 1 aromatic rings. The number of nitrogens with zero attached hydrogens (tertiary/aromatic N) is 2. The van der Waals surface area contributed by atoms with Crippen molar-refractivity contribution < 1.29 is 9.59 Å². The fourth-order valence-electron chi connectivity index (χ4n) is 1.64. The number of hydrogen-bond acceptors (Lipinski definition) is 4. The maximum Gasteiger partial charge on any atom is 0.346 e. The lowest BCUT2D eigenvalue weighted by Crippen LogP contribution is -2.42. The van der Waals surface area contributed by atoms with Crippen molar-refractivity contribution in [3.8, 4) is 0 Å². The van der Waals surface area contributed by atoms with Crippen LogP contribution in [-0.2, 0) is 4.79 Å². The first-order chi connectivity index (χ1) is 8.48. The lowest BCUT2D eigenvalue weighted by atomic mass is 10.00. The van der Waals surface area contributed by atoms with E-state index in [4.69, 9.17) is 0 Å². The Kier molecular flexibility index (Phi) is 3.21. The van der Waals surface area contributed by atoms with Gasteiger partial charge in [0.25, 0.3) is 5.91 Å². The zero-order valence-corrected chi connectivity index (χ0v) is 11.4. The number of carbonyl (C=O) groups excluding carboxylic acids is 2. The Balaban J connectivity index is 2.20. The molecule has 1 aromatic heterocycles. The Morgan fingerprint density at radius 2 is 2.28 bits per heavy atom. The van der Waals surface area contributed by atoms with E-state index in [1.54, 1.807) is 13.1 Å². The average Bonchev–Trinajstić information content (AvgIpc) is 2.82. The molecule has 2 rings (SSSR count). The highest BCUT2D eigenvalue weighted by Gasteiger charge is 2.46. The number of aryl methyl sites for hydroxylation is 1. The van der Waals surface area contributed by atoms with Crippen LogP contribution in [0.2, 0.25) is 0 Å². The molecule has 0 saturated carbocycles. The summed E-state index contributed by atoms with van der Waals surface area (Å²) < 4.78 is 0. The number of hydrazone groups is 1. The van der Waals surface area contributed by atoms with Gasteiger partial charge < -0.3 is 5.32 Å². The molecule has 0 unspecified atom stereocenters. The number of urea groups is 1. The molecule has 1 aliphatic heterocycles. The van der Waals surface area contributed by atoms with Gasteiger partial charge in [0.15, 0.2) is 0 Å². The second-order valence-corrected chi connectivity index (χ2v) is 5.39. The van der Waals surface area contributed by atoms with Crippen molar-refractivity contribution in [2.45, 2.75) is 32.7 Å². The molecule has 3 amide bonds. The summed E-state index contributed by atoms with van der Waals surface area (Å²) in [5.41, 5.74) is 0.243. The summed E-state index contributed by atoms with van der Waals surface area (Å²) in [6.07, 6.45) is 2.10. The van der Waals surface area contributed by atoms with E-state index in [0.717, 1.165) is 15.4 Å². The minimum absolute atomic E-state index is 0.305. The van der Waals surface area contributed by atoms with Crippen molar-refractivity contribution in [3.63, 3.8) is 0 Å². The molecule has 96 valence electrons. The molecule has 6 heteroatoms. The molecule has 5 nitrogen and oxygen atoms in total. The van der Waals surface area contributed by atoms with Crippen LogP contribution in [0.25, 0.3) is 0 Å². The highest BCUT2D eigenvalue weighted by atomic mass is 32.1. The Morgan fingerprint density at radius 3 is 2.78 bits per heavy atom. The zero-order valence-electron chi connectivity index (χ0n) is 10.6. The molecule has 18 heavy (non-hydrogen) atoms. The topological polar surface area (TPSA) is 61.8 Å². The van der Waals surface area contributed by atoms with E-state index in [-0.39, 0.29) is 5.91 Å². The zero-order chi connectivity index (χ0) is 13.3. The Labute approximate surface area is 109 Å². The van der Waals surface area contributed by atoms with Gasteiger partial charge in [0.1, 0.15) is 5.54 Å². The summed E-state index contributed by atoms with van der Waals surface area (Å²) in [5, 5.41) is 9.49. The van der Waals surface area contributed by atoms with Gasteiger partial charge in [-0.25, -0.2) is 4.79 Å². The Bertz CT molecular complexity index is 523. The summed E-state index contributed by atoms with van der Waals surface area (Å²) >= 11 is 1.52. The largest absolute Gasteiger partial charge is 0.346 e. The molecule has 0 aromatic carbocycles. The lowest BCUT2D eigenvalue weighted by Gasteiger charge is -2.17. The molecule has 0 spiro atoms. The summed E-state index contributed by atoms with van der Waals surface area (Å²) in [6, 6.07) is 1.50. The van der Waals surface area contributed by atoms with Crippen molar-refractivity contribution in [2.75, 3.05) is 0 Å². The maximum atomic E-state index is 12.0. The van der Waals surface area contributed by atoms with Crippen LogP contribution in [0.3, 0.4) is 0 Å². The molecule has 1 saturated heterocycles. The summed E-state index contributed by atoms with van der Waals surface area (Å²) in [5.74, 6) is -0.305. The van der Waals surface area contributed by atoms with Crippen LogP contribution >= 0.6 is 11.3 Å². The van der Waals surface area contributed by atoms with Crippen molar-refractivity contribution in [3.05, 3.63) is 21.9 Å². The Morgan fingerprint density at radius 1 is 1.56 bits per heavy atom. The molecule has 1 fully saturated rings. The van der Waals surface area contributed by atoms with E-state index in [2.05, 4.69) is 10.4 Å². The van der Waals surface area contributed by atoms with Crippen LogP contribution in [0.1, 0.15) is 30.7 Å². The summed E-state index contributed by atoms with van der Waals surface area (Å²) in [7, 11) is 0. The van der Waals surface area contributed by atoms with Crippen molar-refractivity contribution in [1.82, 2.24) is 10.3 Å².